The third-order valence-electron chi connectivity index (χ3n) is 4.97. The maximum absolute atomic E-state index is 12.6. The molecule has 0 unspecified atom stereocenters. The molecule has 0 N–H and O–H groups in total. The van der Waals surface area contributed by atoms with Gasteiger partial charge in [0.25, 0.3) is 0 Å². The molecular weight excluding hydrogens is 318 g/mol. The number of hydrogen-bond donors (Lipinski definition) is 0. The van der Waals surface area contributed by atoms with E-state index in [1.54, 1.807) is 0 Å². The lowest BCUT2D eigenvalue weighted by molar-refractivity contribution is -0.162. The number of carbonyl (C=O) groups is 1. The van der Waals surface area contributed by atoms with E-state index in [4.69, 9.17) is 9.16 Å². The van der Waals surface area contributed by atoms with Crippen LogP contribution in [0.25, 0.3) is 0 Å². The molecule has 0 radical (unpaired) electrons. The van der Waals surface area contributed by atoms with Crippen molar-refractivity contribution in [2.45, 2.75) is 84.2 Å². The van der Waals surface area contributed by atoms with Crippen molar-refractivity contribution in [2.24, 2.45) is 5.92 Å². The number of nitrogens with zero attached hydrogens (tertiary/aromatic N) is 1. The van der Waals surface area contributed by atoms with Gasteiger partial charge in [-0.05, 0) is 65.5 Å². The number of rotatable bonds is 4. The molecule has 0 fully saturated rings. The summed E-state index contributed by atoms with van der Waals surface area (Å²) in [6, 6.07) is 0.0216. The Balaban J connectivity index is 2.96. The summed E-state index contributed by atoms with van der Waals surface area (Å²) in [5, 5.41) is 0.170. The smallest absolute Gasteiger partial charge is 0.311 e. The van der Waals surface area contributed by atoms with E-state index in [1.807, 2.05) is 34.9 Å². The molecule has 0 saturated carbocycles. The zero-order valence-corrected chi connectivity index (χ0v) is 18.3. The maximum atomic E-state index is 12.6. The second-order valence-electron chi connectivity index (χ2n) is 9.63. The minimum atomic E-state index is -1.85. The first kappa shape index (κ1) is 21.2. The van der Waals surface area contributed by atoms with E-state index in [0.717, 1.165) is 18.6 Å². The average Bonchev–Trinajstić information content (AvgIpc) is 2.34. The predicted molar refractivity (Wildman–Crippen MR) is 102 cm³/mol. The average molecular weight is 356 g/mol. The quantitative estimate of drug-likeness (QED) is 0.547. The fourth-order valence-corrected chi connectivity index (χ4v) is 3.70. The van der Waals surface area contributed by atoms with Crippen LogP contribution < -0.4 is 0 Å². The van der Waals surface area contributed by atoms with Crippen molar-refractivity contribution in [3.8, 4) is 0 Å². The van der Waals surface area contributed by atoms with Crippen molar-refractivity contribution < 1.29 is 14.0 Å². The third kappa shape index (κ3) is 5.62. The van der Waals surface area contributed by atoms with Crippen molar-refractivity contribution in [1.82, 2.24) is 4.90 Å². The molecule has 1 rings (SSSR count). The van der Waals surface area contributed by atoms with Gasteiger partial charge in [-0.25, -0.2) is 0 Å². The number of hydrogen-bond acceptors (Lipinski definition) is 4. The second-order valence-corrected chi connectivity index (χ2v) is 14.4. The molecule has 2 atom stereocenters. The van der Waals surface area contributed by atoms with Crippen LogP contribution in [0, 0.1) is 5.92 Å². The van der Waals surface area contributed by atoms with Crippen LogP contribution in [0.5, 0.6) is 0 Å². The molecule has 5 heteroatoms. The third-order valence-corrected chi connectivity index (χ3v) is 9.35. The van der Waals surface area contributed by atoms with Gasteiger partial charge in [0, 0.05) is 12.5 Å². The van der Waals surface area contributed by atoms with Gasteiger partial charge in [0.15, 0.2) is 0 Å². The largest absolute Gasteiger partial charge is 0.547 e. The van der Waals surface area contributed by atoms with Gasteiger partial charge in [0.2, 0.25) is 8.32 Å². The van der Waals surface area contributed by atoms with Gasteiger partial charge in [-0.3, -0.25) is 4.79 Å². The highest BCUT2D eigenvalue weighted by atomic mass is 28.4. The van der Waals surface area contributed by atoms with Gasteiger partial charge in [-0.1, -0.05) is 20.8 Å². The minimum Gasteiger partial charge on any atom is -0.547 e. The van der Waals surface area contributed by atoms with Gasteiger partial charge in [-0.2, -0.15) is 0 Å². The summed E-state index contributed by atoms with van der Waals surface area (Å²) in [7, 11) is 2.17. The molecule has 0 spiro atoms. The van der Waals surface area contributed by atoms with Crippen LogP contribution in [-0.4, -0.2) is 44.9 Å². The van der Waals surface area contributed by atoms with Crippen LogP contribution in [0.3, 0.4) is 0 Å². The highest BCUT2D eigenvalue weighted by Gasteiger charge is 2.41. The van der Waals surface area contributed by atoms with E-state index < -0.39 is 13.9 Å². The molecule has 1 aliphatic rings. The molecule has 0 amide bonds. The van der Waals surface area contributed by atoms with E-state index in [0.29, 0.717) is 0 Å². The first-order chi connectivity index (χ1) is 10.6. The molecule has 0 heterocycles. The van der Waals surface area contributed by atoms with Gasteiger partial charge in [0.1, 0.15) is 5.60 Å². The molecule has 24 heavy (non-hydrogen) atoms. The fourth-order valence-electron chi connectivity index (χ4n) is 2.57. The van der Waals surface area contributed by atoms with Crippen LogP contribution in [0.4, 0.5) is 0 Å². The monoisotopic (exact) mass is 355 g/mol. The topological polar surface area (TPSA) is 38.8 Å². The van der Waals surface area contributed by atoms with Gasteiger partial charge >= 0.3 is 5.97 Å². The molecule has 0 saturated heterocycles. The van der Waals surface area contributed by atoms with E-state index in [1.165, 1.54) is 0 Å². The molecule has 4 nitrogen and oxygen atoms in total. The van der Waals surface area contributed by atoms with Crippen LogP contribution >= 0.6 is 0 Å². The Bertz CT molecular complexity index is 484. The summed E-state index contributed by atoms with van der Waals surface area (Å²) in [5.74, 6) is 0.801. The van der Waals surface area contributed by atoms with Crippen molar-refractivity contribution >= 4 is 14.3 Å². The van der Waals surface area contributed by atoms with Crippen LogP contribution in [0.2, 0.25) is 18.1 Å². The summed E-state index contributed by atoms with van der Waals surface area (Å²) < 4.78 is 12.1. The van der Waals surface area contributed by atoms with E-state index in [-0.39, 0.29) is 23.0 Å². The Morgan fingerprint density at radius 1 is 1.17 bits per heavy atom. The SMILES string of the molecule is CN(C)[C@@H]1C=C(O[Si](C)(C)C(C)(C)C)CC[C@H]1C(=O)OC(C)(C)C. The van der Waals surface area contributed by atoms with Crippen molar-refractivity contribution in [2.75, 3.05) is 14.1 Å². The van der Waals surface area contributed by atoms with Crippen molar-refractivity contribution in [3.63, 3.8) is 0 Å². The van der Waals surface area contributed by atoms with Crippen molar-refractivity contribution in [1.29, 1.82) is 0 Å². The zero-order valence-electron chi connectivity index (χ0n) is 17.3. The van der Waals surface area contributed by atoms with Crippen molar-refractivity contribution in [3.05, 3.63) is 11.8 Å². The summed E-state index contributed by atoms with van der Waals surface area (Å²) in [5.41, 5.74) is -0.449. The molecule has 0 aromatic carbocycles. The van der Waals surface area contributed by atoms with E-state index in [2.05, 4.69) is 44.8 Å². The van der Waals surface area contributed by atoms with E-state index in [9.17, 15) is 4.79 Å². The van der Waals surface area contributed by atoms with Crippen LogP contribution in [0.15, 0.2) is 11.8 Å². The van der Waals surface area contributed by atoms with Crippen LogP contribution in [-0.2, 0) is 14.0 Å². The lowest BCUT2D eigenvalue weighted by Crippen LogP contribution is -2.45. The first-order valence-electron chi connectivity index (χ1n) is 8.93. The number of allylic oxidation sites excluding steroid dienone is 1. The first-order valence-corrected chi connectivity index (χ1v) is 11.8. The molecule has 140 valence electrons. The maximum Gasteiger partial charge on any atom is 0.311 e. The molecular formula is C19H37NO3Si. The molecule has 0 bridgehead atoms. The van der Waals surface area contributed by atoms with Gasteiger partial charge < -0.3 is 14.1 Å². The molecule has 0 aliphatic heterocycles. The number of esters is 1. The Morgan fingerprint density at radius 2 is 1.71 bits per heavy atom. The number of ether oxygens (including phenoxy) is 1. The highest BCUT2D eigenvalue weighted by Crippen LogP contribution is 2.40. The normalized spacial score (nSPS) is 23.0. The Kier molecular flexibility index (Phi) is 6.37. The lowest BCUT2D eigenvalue weighted by Gasteiger charge is -2.40. The van der Waals surface area contributed by atoms with E-state index >= 15 is 0 Å². The number of likely N-dealkylation sites (N-methyl/N-ethyl adjacent to an activating group) is 1. The predicted octanol–water partition coefficient (Wildman–Crippen LogP) is 4.57. The molecule has 0 aromatic rings. The minimum absolute atomic E-state index is 0.0216. The van der Waals surface area contributed by atoms with Gasteiger partial charge in [-0.15, -0.1) is 0 Å². The summed E-state index contributed by atoms with van der Waals surface area (Å²) in [6.45, 7) is 17.0. The molecule has 0 aromatic heterocycles. The Morgan fingerprint density at radius 3 is 2.12 bits per heavy atom. The van der Waals surface area contributed by atoms with Crippen LogP contribution in [0.1, 0.15) is 54.4 Å². The highest BCUT2D eigenvalue weighted by molar-refractivity contribution is 6.74. The van der Waals surface area contributed by atoms with Gasteiger partial charge in [0.05, 0.1) is 11.7 Å². The fraction of sp³-hybridized carbons (Fsp3) is 0.842. The number of carbonyl (C=O) groups excluding carboxylic acids is 1. The second kappa shape index (κ2) is 7.20. The standard InChI is InChI=1S/C19H37NO3Si/c1-18(2,3)22-17(21)15-12-11-14(13-16(15)20(7)8)23-24(9,10)19(4,5)6/h13,15-16H,11-12H2,1-10H3/t15-,16-/m1/s1. The summed E-state index contributed by atoms with van der Waals surface area (Å²) in [6.07, 6.45) is 3.72. The Labute approximate surface area is 149 Å². The zero-order chi connectivity index (χ0) is 18.9. The Hall–Kier alpha value is -0.813. The summed E-state index contributed by atoms with van der Waals surface area (Å²) >= 11 is 0. The molecule has 1 aliphatic carbocycles. The summed E-state index contributed by atoms with van der Waals surface area (Å²) in [4.78, 5) is 14.7. The lowest BCUT2D eigenvalue weighted by atomic mass is 9.87.